The molecule has 1 aliphatic rings. The Morgan fingerprint density at radius 3 is 2.95 bits per heavy atom. The van der Waals surface area contributed by atoms with Crippen molar-refractivity contribution in [2.75, 3.05) is 0 Å². The molecule has 2 aromatic heterocycles. The molecule has 106 valence electrons. The van der Waals surface area contributed by atoms with Gasteiger partial charge in [-0.15, -0.1) is 11.6 Å². The normalized spacial score (nSPS) is 13.6. The lowest BCUT2D eigenvalue weighted by molar-refractivity contribution is 0.461. The van der Waals surface area contributed by atoms with E-state index in [4.69, 9.17) is 16.3 Å². The molecule has 4 rings (SSSR count). The highest BCUT2D eigenvalue weighted by Crippen LogP contribution is 2.31. The molecular weight excluding hydrogens is 284 g/mol. The molecule has 0 fully saturated rings. The van der Waals surface area contributed by atoms with Crippen molar-refractivity contribution in [3.63, 3.8) is 0 Å². The smallest absolute Gasteiger partial charge is 0.242 e. The van der Waals surface area contributed by atoms with Gasteiger partial charge in [-0.3, -0.25) is 4.40 Å². The monoisotopic (exact) mass is 298 g/mol. The molecule has 0 aliphatic heterocycles. The van der Waals surface area contributed by atoms with E-state index in [2.05, 4.69) is 17.1 Å². The van der Waals surface area contributed by atoms with Gasteiger partial charge in [-0.1, -0.05) is 12.1 Å². The topological polar surface area (TPSA) is 26.5 Å². The Morgan fingerprint density at radius 1 is 1.14 bits per heavy atom. The van der Waals surface area contributed by atoms with Crippen LogP contribution in [0, 0.1) is 0 Å². The number of ether oxygens (including phenoxy) is 1. The fourth-order valence-electron chi connectivity index (χ4n) is 2.95. The summed E-state index contributed by atoms with van der Waals surface area (Å²) in [5, 5.41) is 0. The van der Waals surface area contributed by atoms with Gasteiger partial charge in [0.05, 0.1) is 5.88 Å². The number of pyridine rings is 1. The highest BCUT2D eigenvalue weighted by molar-refractivity contribution is 6.17. The lowest BCUT2D eigenvalue weighted by Gasteiger charge is -2.06. The van der Waals surface area contributed by atoms with Crippen LogP contribution in [0.25, 0.3) is 5.65 Å². The van der Waals surface area contributed by atoms with Crippen LogP contribution in [0.5, 0.6) is 11.6 Å². The number of aromatic nitrogens is 2. The average Bonchev–Trinajstić information content (AvgIpc) is 3.10. The number of aryl methyl sites for hydroxylation is 2. The van der Waals surface area contributed by atoms with Gasteiger partial charge in [0.2, 0.25) is 5.88 Å². The molecule has 0 atom stereocenters. The fraction of sp³-hybridized carbons (Fsp3) is 0.235. The van der Waals surface area contributed by atoms with Crippen molar-refractivity contribution in [2.45, 2.75) is 25.1 Å². The fourth-order valence-corrected chi connectivity index (χ4v) is 3.19. The lowest BCUT2D eigenvalue weighted by Crippen LogP contribution is -1.93. The molecule has 0 spiro atoms. The van der Waals surface area contributed by atoms with E-state index in [-0.39, 0.29) is 0 Å². The molecule has 0 N–H and O–H groups in total. The predicted molar refractivity (Wildman–Crippen MR) is 83.3 cm³/mol. The van der Waals surface area contributed by atoms with Crippen LogP contribution >= 0.6 is 11.6 Å². The summed E-state index contributed by atoms with van der Waals surface area (Å²) < 4.78 is 7.96. The van der Waals surface area contributed by atoms with Crippen molar-refractivity contribution in [2.24, 2.45) is 0 Å². The molecule has 0 radical (unpaired) electrons. The van der Waals surface area contributed by atoms with Crippen LogP contribution in [0.3, 0.4) is 0 Å². The largest absolute Gasteiger partial charge is 0.437 e. The number of hydrogen-bond donors (Lipinski definition) is 0. The molecule has 3 nitrogen and oxygen atoms in total. The van der Waals surface area contributed by atoms with Gasteiger partial charge in [0.25, 0.3) is 0 Å². The number of benzene rings is 1. The molecule has 0 unspecified atom stereocenters. The predicted octanol–water partition coefficient (Wildman–Crippen LogP) is 4.35. The summed E-state index contributed by atoms with van der Waals surface area (Å²) in [6, 6.07) is 12.2. The van der Waals surface area contributed by atoms with Crippen molar-refractivity contribution in [1.82, 2.24) is 9.38 Å². The summed E-state index contributed by atoms with van der Waals surface area (Å²) >= 11 is 6.07. The first-order valence-corrected chi connectivity index (χ1v) is 7.70. The quantitative estimate of drug-likeness (QED) is 0.672. The minimum absolute atomic E-state index is 0.367. The summed E-state index contributed by atoms with van der Waals surface area (Å²) in [4.78, 5) is 4.53. The average molecular weight is 299 g/mol. The van der Waals surface area contributed by atoms with Crippen molar-refractivity contribution in [3.05, 3.63) is 59.4 Å². The van der Waals surface area contributed by atoms with E-state index >= 15 is 0 Å². The maximum atomic E-state index is 6.07. The highest BCUT2D eigenvalue weighted by atomic mass is 35.5. The summed E-state index contributed by atoms with van der Waals surface area (Å²) in [6.07, 6.45) is 5.51. The molecular formula is C17H15ClN2O. The highest BCUT2D eigenvalue weighted by Gasteiger charge is 2.15. The van der Waals surface area contributed by atoms with Crippen LogP contribution < -0.4 is 4.74 Å². The van der Waals surface area contributed by atoms with Crippen LogP contribution in [0.2, 0.25) is 0 Å². The standard InChI is InChI=1S/C17H15ClN2O/c18-11-15-17(19-16-6-1-2-9-20(15)16)21-14-8-7-12-4-3-5-13(12)10-14/h1-2,6-10H,3-5,11H2. The second-order valence-electron chi connectivity index (χ2n) is 5.31. The van der Waals surface area contributed by atoms with Gasteiger partial charge >= 0.3 is 0 Å². The molecule has 1 aromatic carbocycles. The zero-order chi connectivity index (χ0) is 14.2. The van der Waals surface area contributed by atoms with Gasteiger partial charge < -0.3 is 4.74 Å². The Hall–Kier alpha value is -2.00. The van der Waals surface area contributed by atoms with Gasteiger partial charge in [-0.25, -0.2) is 0 Å². The van der Waals surface area contributed by atoms with E-state index in [9.17, 15) is 0 Å². The SMILES string of the molecule is ClCc1c(Oc2ccc3c(c2)CCC3)nc2ccccn12. The van der Waals surface area contributed by atoms with Crippen LogP contribution in [-0.4, -0.2) is 9.38 Å². The second kappa shape index (κ2) is 5.08. The first-order chi connectivity index (χ1) is 10.3. The maximum Gasteiger partial charge on any atom is 0.242 e. The third kappa shape index (κ3) is 2.18. The zero-order valence-corrected chi connectivity index (χ0v) is 12.3. The van der Waals surface area contributed by atoms with Gasteiger partial charge in [-0.05, 0) is 54.7 Å². The molecule has 21 heavy (non-hydrogen) atoms. The van der Waals surface area contributed by atoms with Gasteiger partial charge in [-0.2, -0.15) is 4.98 Å². The van der Waals surface area contributed by atoms with Gasteiger partial charge in [0, 0.05) is 6.20 Å². The van der Waals surface area contributed by atoms with Crippen LogP contribution in [-0.2, 0) is 18.7 Å². The van der Waals surface area contributed by atoms with Gasteiger partial charge in [0.15, 0.2) is 0 Å². The number of nitrogens with zero attached hydrogens (tertiary/aromatic N) is 2. The van der Waals surface area contributed by atoms with Gasteiger partial charge in [0.1, 0.15) is 17.1 Å². The minimum Gasteiger partial charge on any atom is -0.437 e. The van der Waals surface area contributed by atoms with Crippen molar-refractivity contribution in [3.8, 4) is 11.6 Å². The molecule has 0 amide bonds. The Balaban J connectivity index is 1.74. The number of imidazole rings is 1. The first kappa shape index (κ1) is 12.7. The first-order valence-electron chi connectivity index (χ1n) is 7.17. The number of halogens is 1. The van der Waals surface area contributed by atoms with E-state index in [1.165, 1.54) is 24.0 Å². The Morgan fingerprint density at radius 2 is 2.05 bits per heavy atom. The maximum absolute atomic E-state index is 6.07. The molecule has 1 aliphatic carbocycles. The van der Waals surface area contributed by atoms with Crippen LogP contribution in [0.15, 0.2) is 42.6 Å². The number of rotatable bonds is 3. The summed E-state index contributed by atoms with van der Waals surface area (Å²) in [7, 11) is 0. The third-order valence-corrected chi connectivity index (χ3v) is 4.26. The Kier molecular flexibility index (Phi) is 3.08. The summed E-state index contributed by atoms with van der Waals surface area (Å²) in [5.41, 5.74) is 4.57. The van der Waals surface area contributed by atoms with E-state index in [0.717, 1.165) is 23.5 Å². The van der Waals surface area contributed by atoms with E-state index in [1.807, 2.05) is 34.9 Å². The number of hydrogen-bond acceptors (Lipinski definition) is 2. The van der Waals surface area contributed by atoms with E-state index in [1.54, 1.807) is 0 Å². The van der Waals surface area contributed by atoms with Crippen molar-refractivity contribution >= 4 is 17.2 Å². The molecule has 0 bridgehead atoms. The second-order valence-corrected chi connectivity index (χ2v) is 5.58. The Labute approximate surface area is 128 Å². The lowest BCUT2D eigenvalue weighted by atomic mass is 10.1. The number of fused-ring (bicyclic) bond motifs is 2. The van der Waals surface area contributed by atoms with E-state index in [0.29, 0.717) is 11.8 Å². The summed E-state index contributed by atoms with van der Waals surface area (Å²) in [6.45, 7) is 0. The van der Waals surface area contributed by atoms with Crippen molar-refractivity contribution < 1.29 is 4.74 Å². The minimum atomic E-state index is 0.367. The van der Waals surface area contributed by atoms with E-state index < -0.39 is 0 Å². The molecule has 3 aromatic rings. The molecule has 0 saturated carbocycles. The number of alkyl halides is 1. The summed E-state index contributed by atoms with van der Waals surface area (Å²) in [5.74, 6) is 1.80. The molecule has 0 saturated heterocycles. The third-order valence-electron chi connectivity index (χ3n) is 4.00. The molecule has 4 heteroatoms. The van der Waals surface area contributed by atoms with Crippen LogP contribution in [0.4, 0.5) is 0 Å². The van der Waals surface area contributed by atoms with Crippen molar-refractivity contribution in [1.29, 1.82) is 0 Å². The Bertz CT molecular complexity index is 810. The van der Waals surface area contributed by atoms with Crippen LogP contribution in [0.1, 0.15) is 23.2 Å². The zero-order valence-electron chi connectivity index (χ0n) is 11.6. The molecule has 2 heterocycles.